The van der Waals surface area contributed by atoms with E-state index >= 15 is 0 Å². The number of hydrogen-bond acceptors (Lipinski definition) is 2. The summed E-state index contributed by atoms with van der Waals surface area (Å²) in [6.45, 7) is 6.05. The van der Waals surface area contributed by atoms with Crippen LogP contribution in [-0.4, -0.2) is 12.1 Å². The van der Waals surface area contributed by atoms with Crippen molar-refractivity contribution < 1.29 is 4.74 Å². The lowest BCUT2D eigenvalue weighted by Crippen LogP contribution is -1.88. The van der Waals surface area contributed by atoms with Gasteiger partial charge in [0.1, 0.15) is 5.75 Å². The third-order valence-corrected chi connectivity index (χ3v) is 2.15. The topological polar surface area (TPSA) is 22.1 Å². The Balaban J connectivity index is 0.000000531. The second-order valence-corrected chi connectivity index (χ2v) is 2.98. The van der Waals surface area contributed by atoms with Crippen molar-refractivity contribution in [1.82, 2.24) is 4.98 Å². The molecule has 0 aliphatic heterocycles. The molecule has 2 rings (SSSR count). The van der Waals surface area contributed by atoms with Gasteiger partial charge in [0.2, 0.25) is 0 Å². The highest BCUT2D eigenvalue weighted by Crippen LogP contribution is 2.25. The lowest BCUT2D eigenvalue weighted by Gasteiger charge is -2.05. The number of ether oxygens (including phenoxy) is 1. The number of benzene rings is 1. The van der Waals surface area contributed by atoms with E-state index in [2.05, 4.69) is 11.9 Å². The van der Waals surface area contributed by atoms with Crippen LogP contribution in [0.5, 0.6) is 5.75 Å². The number of rotatable bonds is 1. The molecule has 0 aliphatic carbocycles. The molecule has 0 fully saturated rings. The second kappa shape index (κ2) is 5.35. The van der Waals surface area contributed by atoms with Crippen molar-refractivity contribution >= 4 is 10.9 Å². The van der Waals surface area contributed by atoms with E-state index in [0.29, 0.717) is 0 Å². The standard InChI is InChI=1S/C11H11NO.C2H6/c1-8-5-6-10(13-2)9-4-3-7-12-11(8)9;1-2/h3-7H,1-2H3;1-2H3. The molecular weight excluding hydrogens is 186 g/mol. The molecule has 0 atom stereocenters. The lowest BCUT2D eigenvalue weighted by molar-refractivity contribution is 0.419. The fourth-order valence-electron chi connectivity index (χ4n) is 1.47. The van der Waals surface area contributed by atoms with Crippen LogP contribution in [0.1, 0.15) is 19.4 Å². The zero-order valence-electron chi connectivity index (χ0n) is 9.74. The quantitative estimate of drug-likeness (QED) is 0.706. The molecule has 2 aromatic rings. The van der Waals surface area contributed by atoms with Gasteiger partial charge in [0.25, 0.3) is 0 Å². The Kier molecular flexibility index (Phi) is 4.10. The van der Waals surface area contributed by atoms with Gasteiger partial charge < -0.3 is 4.74 Å². The third kappa shape index (κ3) is 2.27. The molecule has 0 saturated heterocycles. The second-order valence-electron chi connectivity index (χ2n) is 2.98. The summed E-state index contributed by atoms with van der Waals surface area (Å²) >= 11 is 0. The zero-order valence-corrected chi connectivity index (χ0v) is 9.74. The number of fused-ring (bicyclic) bond motifs is 1. The van der Waals surface area contributed by atoms with E-state index in [-0.39, 0.29) is 0 Å². The predicted octanol–water partition coefficient (Wildman–Crippen LogP) is 3.58. The molecule has 0 bridgehead atoms. The molecule has 80 valence electrons. The van der Waals surface area contributed by atoms with Gasteiger partial charge in [-0.2, -0.15) is 0 Å². The number of aromatic nitrogens is 1. The average Bonchev–Trinajstić information content (AvgIpc) is 2.33. The molecule has 0 amide bonds. The van der Waals surface area contributed by atoms with Crippen LogP contribution in [0.15, 0.2) is 30.5 Å². The van der Waals surface area contributed by atoms with E-state index in [9.17, 15) is 0 Å². The van der Waals surface area contributed by atoms with Gasteiger partial charge in [-0.1, -0.05) is 19.9 Å². The minimum Gasteiger partial charge on any atom is -0.496 e. The maximum absolute atomic E-state index is 5.24. The summed E-state index contributed by atoms with van der Waals surface area (Å²) < 4.78 is 5.24. The van der Waals surface area contributed by atoms with E-state index in [1.165, 1.54) is 5.56 Å². The van der Waals surface area contributed by atoms with Crippen molar-refractivity contribution in [2.75, 3.05) is 7.11 Å². The van der Waals surface area contributed by atoms with Gasteiger partial charge in [-0.25, -0.2) is 0 Å². The zero-order chi connectivity index (χ0) is 11.3. The number of pyridine rings is 1. The summed E-state index contributed by atoms with van der Waals surface area (Å²) in [7, 11) is 1.68. The Hall–Kier alpha value is -1.57. The van der Waals surface area contributed by atoms with Gasteiger partial charge in [0.05, 0.1) is 12.6 Å². The van der Waals surface area contributed by atoms with E-state index in [0.717, 1.165) is 16.7 Å². The molecule has 15 heavy (non-hydrogen) atoms. The van der Waals surface area contributed by atoms with Crippen LogP contribution in [0.25, 0.3) is 10.9 Å². The smallest absolute Gasteiger partial charge is 0.128 e. The molecule has 2 heteroatoms. The molecule has 0 aliphatic rings. The highest BCUT2D eigenvalue weighted by Gasteiger charge is 2.02. The SMILES string of the molecule is CC.COc1ccc(C)c2ncccc12. The number of methoxy groups -OCH3 is 1. The Morgan fingerprint density at radius 1 is 1.13 bits per heavy atom. The van der Waals surface area contributed by atoms with Crippen molar-refractivity contribution in [2.24, 2.45) is 0 Å². The van der Waals surface area contributed by atoms with Crippen molar-refractivity contribution in [1.29, 1.82) is 0 Å². The largest absolute Gasteiger partial charge is 0.496 e. The van der Waals surface area contributed by atoms with Crippen LogP contribution in [0.2, 0.25) is 0 Å². The molecule has 1 heterocycles. The molecule has 0 spiro atoms. The van der Waals surface area contributed by atoms with E-state index < -0.39 is 0 Å². The summed E-state index contributed by atoms with van der Waals surface area (Å²) in [4.78, 5) is 4.31. The Bertz CT molecular complexity index is 437. The minimum atomic E-state index is 0.883. The van der Waals surface area contributed by atoms with Crippen LogP contribution in [-0.2, 0) is 0 Å². The van der Waals surface area contributed by atoms with E-state index in [1.807, 2.05) is 38.1 Å². The first-order valence-corrected chi connectivity index (χ1v) is 5.21. The molecular formula is C13H17NO. The van der Waals surface area contributed by atoms with Crippen LogP contribution < -0.4 is 4.74 Å². The molecule has 2 nitrogen and oxygen atoms in total. The van der Waals surface area contributed by atoms with Gasteiger partial charge in [-0.15, -0.1) is 0 Å². The number of hydrogen-bond donors (Lipinski definition) is 0. The van der Waals surface area contributed by atoms with Crippen molar-refractivity contribution in [3.05, 3.63) is 36.0 Å². The van der Waals surface area contributed by atoms with Crippen LogP contribution in [0, 0.1) is 6.92 Å². The fraction of sp³-hybridized carbons (Fsp3) is 0.308. The summed E-state index contributed by atoms with van der Waals surface area (Å²) in [5.74, 6) is 0.883. The summed E-state index contributed by atoms with van der Waals surface area (Å²) in [6, 6.07) is 7.94. The number of nitrogens with zero attached hydrogens (tertiary/aromatic N) is 1. The Morgan fingerprint density at radius 3 is 2.53 bits per heavy atom. The van der Waals surface area contributed by atoms with E-state index in [4.69, 9.17) is 4.74 Å². The summed E-state index contributed by atoms with van der Waals surface area (Å²) in [5, 5.41) is 1.07. The highest BCUT2D eigenvalue weighted by molar-refractivity contribution is 5.87. The predicted molar refractivity (Wildman–Crippen MR) is 64.4 cm³/mol. The van der Waals surface area contributed by atoms with Crippen LogP contribution in [0.4, 0.5) is 0 Å². The van der Waals surface area contributed by atoms with Gasteiger partial charge in [-0.05, 0) is 30.7 Å². The van der Waals surface area contributed by atoms with Gasteiger partial charge in [-0.3, -0.25) is 4.98 Å². The molecule has 1 aromatic carbocycles. The van der Waals surface area contributed by atoms with Crippen LogP contribution in [0.3, 0.4) is 0 Å². The molecule has 1 aromatic heterocycles. The maximum Gasteiger partial charge on any atom is 0.128 e. The first-order valence-electron chi connectivity index (χ1n) is 5.21. The minimum absolute atomic E-state index is 0.883. The normalized spacial score (nSPS) is 9.33. The summed E-state index contributed by atoms with van der Waals surface area (Å²) in [5.41, 5.74) is 2.19. The van der Waals surface area contributed by atoms with Crippen molar-refractivity contribution in [3.63, 3.8) is 0 Å². The molecule has 0 saturated carbocycles. The van der Waals surface area contributed by atoms with Crippen LogP contribution >= 0.6 is 0 Å². The summed E-state index contributed by atoms with van der Waals surface area (Å²) in [6.07, 6.45) is 1.80. The van der Waals surface area contributed by atoms with Crippen molar-refractivity contribution in [2.45, 2.75) is 20.8 Å². The molecule has 0 radical (unpaired) electrons. The van der Waals surface area contributed by atoms with Crippen molar-refractivity contribution in [3.8, 4) is 5.75 Å². The third-order valence-electron chi connectivity index (χ3n) is 2.15. The first kappa shape index (κ1) is 11.5. The Morgan fingerprint density at radius 2 is 1.87 bits per heavy atom. The average molecular weight is 203 g/mol. The maximum atomic E-state index is 5.24. The van der Waals surface area contributed by atoms with Gasteiger partial charge in [0.15, 0.2) is 0 Å². The van der Waals surface area contributed by atoms with Gasteiger partial charge >= 0.3 is 0 Å². The number of aryl methyl sites for hydroxylation is 1. The molecule has 0 unspecified atom stereocenters. The lowest BCUT2D eigenvalue weighted by atomic mass is 10.1. The van der Waals surface area contributed by atoms with E-state index in [1.54, 1.807) is 13.3 Å². The highest BCUT2D eigenvalue weighted by atomic mass is 16.5. The fourth-order valence-corrected chi connectivity index (χ4v) is 1.47. The first-order chi connectivity index (χ1) is 7.33. The monoisotopic (exact) mass is 203 g/mol. The van der Waals surface area contributed by atoms with Gasteiger partial charge in [0, 0.05) is 11.6 Å². The molecule has 0 N–H and O–H groups in total. The Labute approximate surface area is 90.9 Å².